The van der Waals surface area contributed by atoms with Crippen molar-refractivity contribution < 1.29 is 23.8 Å². The normalized spacial score (nSPS) is 13.6. The molecule has 1 aliphatic heterocycles. The molecule has 0 amide bonds. The third-order valence-electron chi connectivity index (χ3n) is 7.17. The summed E-state index contributed by atoms with van der Waals surface area (Å²) in [6.07, 6.45) is 1.36. The molecular formula is C31H32N2O5. The van der Waals surface area contributed by atoms with Gasteiger partial charge in [-0.05, 0) is 61.7 Å². The number of oxazole rings is 1. The van der Waals surface area contributed by atoms with Gasteiger partial charge in [-0.15, -0.1) is 0 Å². The number of hydrogen-bond acceptors (Lipinski definition) is 6. The van der Waals surface area contributed by atoms with Crippen molar-refractivity contribution in [3.63, 3.8) is 0 Å². The summed E-state index contributed by atoms with van der Waals surface area (Å²) >= 11 is 0. The highest BCUT2D eigenvalue weighted by Crippen LogP contribution is 2.36. The van der Waals surface area contributed by atoms with Gasteiger partial charge in [-0.1, -0.05) is 30.3 Å². The predicted octanol–water partition coefficient (Wildman–Crippen LogP) is 6.03. The van der Waals surface area contributed by atoms with Crippen LogP contribution in [0.25, 0.3) is 11.5 Å². The van der Waals surface area contributed by atoms with E-state index in [2.05, 4.69) is 16.0 Å². The van der Waals surface area contributed by atoms with E-state index in [0.29, 0.717) is 25.5 Å². The lowest BCUT2D eigenvalue weighted by Gasteiger charge is -2.34. The average molecular weight is 513 g/mol. The number of aryl methyl sites for hydroxylation is 1. The van der Waals surface area contributed by atoms with E-state index in [0.717, 1.165) is 63.9 Å². The van der Waals surface area contributed by atoms with Gasteiger partial charge in [0, 0.05) is 42.4 Å². The number of carboxylic acids is 1. The van der Waals surface area contributed by atoms with E-state index in [1.165, 1.54) is 0 Å². The van der Waals surface area contributed by atoms with E-state index in [9.17, 15) is 9.90 Å². The molecule has 0 saturated carbocycles. The lowest BCUT2D eigenvalue weighted by Crippen LogP contribution is -2.32. The van der Waals surface area contributed by atoms with E-state index < -0.39 is 11.9 Å². The van der Waals surface area contributed by atoms with Crippen molar-refractivity contribution in [1.82, 2.24) is 4.98 Å². The molecule has 0 saturated heterocycles. The molecule has 196 valence electrons. The molecule has 3 aromatic carbocycles. The molecule has 0 fully saturated rings. The summed E-state index contributed by atoms with van der Waals surface area (Å²) in [5, 5.41) is 9.76. The van der Waals surface area contributed by atoms with Crippen LogP contribution in [0.5, 0.6) is 11.5 Å². The SMILES string of the molecule is COc1cccc(N2CCc3c(OCCc4nc(-c5ccccc5)oc4C)ccc(C(C)C(=O)O)c3C2)c1. The summed E-state index contributed by atoms with van der Waals surface area (Å²) in [4.78, 5) is 18.8. The van der Waals surface area contributed by atoms with Gasteiger partial charge in [0.05, 0.1) is 25.3 Å². The van der Waals surface area contributed by atoms with Gasteiger partial charge in [0.15, 0.2) is 0 Å². The summed E-state index contributed by atoms with van der Waals surface area (Å²) in [5.74, 6) is 1.54. The number of aromatic nitrogens is 1. The number of anilines is 1. The highest BCUT2D eigenvalue weighted by atomic mass is 16.5. The monoisotopic (exact) mass is 512 g/mol. The second-order valence-electron chi connectivity index (χ2n) is 9.53. The Hall–Kier alpha value is -4.26. The topological polar surface area (TPSA) is 85.0 Å². The first-order valence-corrected chi connectivity index (χ1v) is 12.9. The minimum Gasteiger partial charge on any atom is -0.497 e. The lowest BCUT2D eigenvalue weighted by molar-refractivity contribution is -0.138. The first-order valence-electron chi connectivity index (χ1n) is 12.9. The highest BCUT2D eigenvalue weighted by molar-refractivity contribution is 5.77. The summed E-state index contributed by atoms with van der Waals surface area (Å²) < 4.78 is 17.6. The maximum atomic E-state index is 11.9. The second-order valence-corrected chi connectivity index (χ2v) is 9.53. The van der Waals surface area contributed by atoms with Crippen molar-refractivity contribution in [2.75, 3.05) is 25.2 Å². The summed E-state index contributed by atoms with van der Waals surface area (Å²) in [6, 6.07) is 21.6. The molecule has 7 nitrogen and oxygen atoms in total. The quantitative estimate of drug-likeness (QED) is 0.293. The minimum absolute atomic E-state index is 0.446. The van der Waals surface area contributed by atoms with Crippen molar-refractivity contribution >= 4 is 11.7 Å². The first-order chi connectivity index (χ1) is 18.4. The van der Waals surface area contributed by atoms with E-state index in [4.69, 9.17) is 13.9 Å². The molecule has 7 heteroatoms. The van der Waals surface area contributed by atoms with Crippen LogP contribution in [-0.2, 0) is 24.2 Å². The fourth-order valence-corrected chi connectivity index (χ4v) is 4.99. The number of benzene rings is 3. The molecule has 0 radical (unpaired) electrons. The maximum absolute atomic E-state index is 11.9. The maximum Gasteiger partial charge on any atom is 0.310 e. The molecule has 0 bridgehead atoms. The number of hydrogen-bond donors (Lipinski definition) is 1. The van der Waals surface area contributed by atoms with Crippen molar-refractivity contribution in [3.8, 4) is 23.0 Å². The van der Waals surface area contributed by atoms with Gasteiger partial charge in [0.25, 0.3) is 0 Å². The predicted molar refractivity (Wildman–Crippen MR) is 146 cm³/mol. The molecule has 0 spiro atoms. The number of ether oxygens (including phenoxy) is 2. The molecular weight excluding hydrogens is 480 g/mol. The zero-order chi connectivity index (χ0) is 26.6. The van der Waals surface area contributed by atoms with Gasteiger partial charge in [-0.2, -0.15) is 0 Å². The van der Waals surface area contributed by atoms with Crippen LogP contribution in [0.2, 0.25) is 0 Å². The zero-order valence-corrected chi connectivity index (χ0v) is 21.9. The number of rotatable bonds is 9. The van der Waals surface area contributed by atoms with E-state index in [1.54, 1.807) is 14.0 Å². The van der Waals surface area contributed by atoms with Crippen molar-refractivity contribution in [2.45, 2.75) is 39.2 Å². The third-order valence-corrected chi connectivity index (χ3v) is 7.17. The fourth-order valence-electron chi connectivity index (χ4n) is 4.99. The molecule has 1 atom stereocenters. The molecule has 2 heterocycles. The van der Waals surface area contributed by atoms with Crippen molar-refractivity contribution in [1.29, 1.82) is 0 Å². The number of fused-ring (bicyclic) bond motifs is 1. The molecule has 4 aromatic rings. The number of carbonyl (C=O) groups is 1. The zero-order valence-electron chi connectivity index (χ0n) is 21.9. The largest absolute Gasteiger partial charge is 0.497 e. The molecule has 5 rings (SSSR count). The molecule has 38 heavy (non-hydrogen) atoms. The molecule has 1 aromatic heterocycles. The van der Waals surface area contributed by atoms with E-state index >= 15 is 0 Å². The van der Waals surface area contributed by atoms with E-state index in [1.807, 2.05) is 67.6 Å². The van der Waals surface area contributed by atoms with Gasteiger partial charge >= 0.3 is 5.97 Å². The standard InChI is InChI=1S/C31H32N2O5/c1-20(31(34)35)25-12-13-29(26-14-16-33(19-27(25)26)23-10-7-11-24(18-23)36-3)37-17-15-28-21(2)38-30(32-28)22-8-5-4-6-9-22/h4-13,18,20H,14-17,19H2,1-3H3,(H,34,35). The molecule has 1 N–H and O–H groups in total. The lowest BCUT2D eigenvalue weighted by atomic mass is 9.88. The minimum atomic E-state index is -0.838. The van der Waals surface area contributed by atoms with Crippen LogP contribution in [0.3, 0.4) is 0 Å². The fraction of sp³-hybridized carbons (Fsp3) is 0.290. The summed E-state index contributed by atoms with van der Waals surface area (Å²) in [7, 11) is 1.66. The Balaban J connectivity index is 1.36. The van der Waals surface area contributed by atoms with Gasteiger partial charge in [-0.3, -0.25) is 4.79 Å². The van der Waals surface area contributed by atoms with Crippen LogP contribution in [0, 0.1) is 6.92 Å². The Morgan fingerprint density at radius 2 is 1.92 bits per heavy atom. The number of methoxy groups -OCH3 is 1. The molecule has 0 aliphatic carbocycles. The van der Waals surface area contributed by atoms with Crippen molar-refractivity contribution in [3.05, 3.63) is 94.9 Å². The average Bonchev–Trinajstić information content (AvgIpc) is 3.33. The third kappa shape index (κ3) is 5.23. The Morgan fingerprint density at radius 1 is 1.11 bits per heavy atom. The molecule has 1 aliphatic rings. The van der Waals surface area contributed by atoms with Gasteiger partial charge in [-0.25, -0.2) is 4.98 Å². The Bertz CT molecular complexity index is 1430. The Labute approximate surface area is 222 Å². The van der Waals surface area contributed by atoms with Crippen LogP contribution < -0.4 is 14.4 Å². The first kappa shape index (κ1) is 25.4. The van der Waals surface area contributed by atoms with Crippen LogP contribution in [-0.4, -0.2) is 36.3 Å². The highest BCUT2D eigenvalue weighted by Gasteiger charge is 2.27. The number of nitrogens with zero attached hydrogens (tertiary/aromatic N) is 2. The van der Waals surface area contributed by atoms with Crippen LogP contribution in [0.1, 0.15) is 41.0 Å². The smallest absolute Gasteiger partial charge is 0.310 e. The summed E-state index contributed by atoms with van der Waals surface area (Å²) in [6.45, 7) is 5.51. The number of carboxylic acid groups (broad SMARTS) is 1. The van der Waals surface area contributed by atoms with Gasteiger partial charge < -0.3 is 23.9 Å². The van der Waals surface area contributed by atoms with Crippen LogP contribution in [0.15, 0.2) is 71.1 Å². The van der Waals surface area contributed by atoms with Gasteiger partial charge in [0.1, 0.15) is 17.3 Å². The Kier molecular flexibility index (Phi) is 7.36. The van der Waals surface area contributed by atoms with Crippen LogP contribution >= 0.6 is 0 Å². The van der Waals surface area contributed by atoms with Crippen molar-refractivity contribution in [2.24, 2.45) is 0 Å². The Morgan fingerprint density at radius 3 is 2.68 bits per heavy atom. The second kappa shape index (κ2) is 11.0. The van der Waals surface area contributed by atoms with Crippen LogP contribution in [0.4, 0.5) is 5.69 Å². The van der Waals surface area contributed by atoms with Gasteiger partial charge in [0.2, 0.25) is 5.89 Å². The summed E-state index contributed by atoms with van der Waals surface area (Å²) in [5.41, 5.74) is 5.80. The molecule has 1 unspecified atom stereocenters. The van der Waals surface area contributed by atoms with E-state index in [-0.39, 0.29) is 0 Å². The number of aliphatic carboxylic acids is 1.